The number of anilines is 2. The van der Waals surface area contributed by atoms with Crippen molar-refractivity contribution in [3.8, 4) is 0 Å². The summed E-state index contributed by atoms with van der Waals surface area (Å²) in [7, 11) is 0. The number of imide groups is 1. The third-order valence-corrected chi connectivity index (χ3v) is 3.88. The quantitative estimate of drug-likeness (QED) is 0.809. The molecule has 1 aliphatic heterocycles. The largest absolute Gasteiger partial charge is 0.329 e. The van der Waals surface area contributed by atoms with Crippen LogP contribution in [0.1, 0.15) is 18.9 Å². The van der Waals surface area contributed by atoms with Gasteiger partial charge in [-0.2, -0.15) is 5.10 Å². The molecule has 1 aliphatic rings. The van der Waals surface area contributed by atoms with Crippen LogP contribution in [0.4, 0.5) is 16.2 Å². The zero-order valence-corrected chi connectivity index (χ0v) is 14.0. The minimum Gasteiger partial charge on any atom is -0.326 e. The average molecular weight is 341 g/mol. The topological polar surface area (TPSA) is 96.3 Å². The standard InChI is InChI=1S/C17H19N5O3/c1-11-9-18-21(10-11)8-7-15(23)20-13-5-3-4-6-14(13)22-16(24)12(2)19-17(22)25/h3-6,9-10,12H,7-8H2,1-2H3,(H,19,25)(H,20,23). The number of hydrogen-bond acceptors (Lipinski definition) is 4. The van der Waals surface area contributed by atoms with E-state index in [0.29, 0.717) is 17.9 Å². The van der Waals surface area contributed by atoms with Gasteiger partial charge in [-0.05, 0) is 31.5 Å². The van der Waals surface area contributed by atoms with Crippen LogP contribution in [-0.2, 0) is 16.1 Å². The zero-order chi connectivity index (χ0) is 18.0. The second-order valence-electron chi connectivity index (χ2n) is 5.94. The van der Waals surface area contributed by atoms with E-state index in [4.69, 9.17) is 0 Å². The highest BCUT2D eigenvalue weighted by Gasteiger charge is 2.37. The first-order chi connectivity index (χ1) is 12.0. The molecule has 0 aliphatic carbocycles. The molecule has 4 amide bonds. The Balaban J connectivity index is 1.71. The van der Waals surface area contributed by atoms with Gasteiger partial charge in [0.25, 0.3) is 5.91 Å². The molecule has 1 aromatic heterocycles. The third kappa shape index (κ3) is 3.52. The van der Waals surface area contributed by atoms with Crippen LogP contribution < -0.4 is 15.5 Å². The number of nitrogens with one attached hydrogen (secondary N) is 2. The van der Waals surface area contributed by atoms with Gasteiger partial charge in [0.1, 0.15) is 6.04 Å². The maximum Gasteiger partial charge on any atom is 0.329 e. The van der Waals surface area contributed by atoms with E-state index in [0.717, 1.165) is 10.5 Å². The van der Waals surface area contributed by atoms with Crippen molar-refractivity contribution in [2.75, 3.05) is 10.2 Å². The molecule has 1 fully saturated rings. The lowest BCUT2D eigenvalue weighted by Gasteiger charge is -2.17. The normalized spacial score (nSPS) is 16.9. The molecule has 2 heterocycles. The van der Waals surface area contributed by atoms with Crippen molar-refractivity contribution in [2.24, 2.45) is 0 Å². The van der Waals surface area contributed by atoms with Crippen LogP contribution in [0.5, 0.6) is 0 Å². The molecule has 2 N–H and O–H groups in total. The van der Waals surface area contributed by atoms with Crippen LogP contribution in [0, 0.1) is 6.92 Å². The zero-order valence-electron chi connectivity index (χ0n) is 14.0. The molecular weight excluding hydrogens is 322 g/mol. The van der Waals surface area contributed by atoms with Crippen LogP contribution >= 0.6 is 0 Å². The van der Waals surface area contributed by atoms with Crippen LogP contribution in [-0.4, -0.2) is 33.7 Å². The highest BCUT2D eigenvalue weighted by molar-refractivity contribution is 6.23. The Hall–Kier alpha value is -3.16. The van der Waals surface area contributed by atoms with Gasteiger partial charge < -0.3 is 10.6 Å². The summed E-state index contributed by atoms with van der Waals surface area (Å²) in [5.41, 5.74) is 1.80. The number of carbonyl (C=O) groups excluding carboxylic acids is 3. The van der Waals surface area contributed by atoms with Crippen molar-refractivity contribution in [3.05, 3.63) is 42.2 Å². The molecule has 0 saturated carbocycles. The fraction of sp³-hybridized carbons (Fsp3) is 0.294. The fourth-order valence-corrected chi connectivity index (χ4v) is 2.63. The number of aromatic nitrogens is 2. The van der Waals surface area contributed by atoms with Gasteiger partial charge in [-0.15, -0.1) is 0 Å². The van der Waals surface area contributed by atoms with Crippen LogP contribution in [0.15, 0.2) is 36.7 Å². The third-order valence-electron chi connectivity index (χ3n) is 3.88. The van der Waals surface area contributed by atoms with Crippen molar-refractivity contribution in [1.29, 1.82) is 0 Å². The lowest BCUT2D eigenvalue weighted by molar-refractivity contribution is -0.118. The highest BCUT2D eigenvalue weighted by atomic mass is 16.2. The number of rotatable bonds is 5. The number of benzene rings is 1. The van der Waals surface area contributed by atoms with E-state index in [1.165, 1.54) is 0 Å². The van der Waals surface area contributed by atoms with Crippen LogP contribution in [0.25, 0.3) is 0 Å². The van der Waals surface area contributed by atoms with Crippen molar-refractivity contribution in [2.45, 2.75) is 32.9 Å². The monoisotopic (exact) mass is 341 g/mol. The number of aryl methyl sites for hydroxylation is 2. The summed E-state index contributed by atoms with van der Waals surface area (Å²) in [5.74, 6) is -0.570. The highest BCUT2D eigenvalue weighted by Crippen LogP contribution is 2.28. The van der Waals surface area contributed by atoms with Gasteiger partial charge in [0.05, 0.1) is 17.6 Å². The van der Waals surface area contributed by atoms with Crippen LogP contribution in [0.2, 0.25) is 0 Å². The summed E-state index contributed by atoms with van der Waals surface area (Å²) in [6.07, 6.45) is 3.81. The first kappa shape index (κ1) is 16.7. The number of nitrogens with zero attached hydrogens (tertiary/aromatic N) is 3. The van der Waals surface area contributed by atoms with E-state index >= 15 is 0 Å². The second-order valence-corrected chi connectivity index (χ2v) is 5.94. The Kier molecular flexibility index (Phi) is 4.51. The Morgan fingerprint density at radius 1 is 1.32 bits per heavy atom. The van der Waals surface area contributed by atoms with Gasteiger partial charge >= 0.3 is 6.03 Å². The van der Waals surface area contributed by atoms with Crippen molar-refractivity contribution in [3.63, 3.8) is 0 Å². The van der Waals surface area contributed by atoms with Gasteiger partial charge in [0.2, 0.25) is 5.91 Å². The van der Waals surface area contributed by atoms with E-state index in [9.17, 15) is 14.4 Å². The predicted molar refractivity (Wildman–Crippen MR) is 92.1 cm³/mol. The SMILES string of the molecule is Cc1cnn(CCC(=O)Nc2ccccc2N2C(=O)NC(C)C2=O)c1. The first-order valence-corrected chi connectivity index (χ1v) is 7.98. The lowest BCUT2D eigenvalue weighted by Crippen LogP contribution is -2.32. The molecule has 1 aromatic carbocycles. The summed E-state index contributed by atoms with van der Waals surface area (Å²) < 4.78 is 1.69. The fourth-order valence-electron chi connectivity index (χ4n) is 2.63. The summed E-state index contributed by atoms with van der Waals surface area (Å²) in [6, 6.07) is 5.65. The van der Waals surface area contributed by atoms with E-state index in [2.05, 4.69) is 15.7 Å². The molecule has 0 spiro atoms. The summed E-state index contributed by atoms with van der Waals surface area (Å²) in [5, 5.41) is 9.46. The molecule has 2 aromatic rings. The smallest absolute Gasteiger partial charge is 0.326 e. The summed E-state index contributed by atoms with van der Waals surface area (Å²) in [4.78, 5) is 37.5. The Labute approximate surface area is 144 Å². The van der Waals surface area contributed by atoms with Gasteiger partial charge in [-0.1, -0.05) is 12.1 Å². The van der Waals surface area contributed by atoms with E-state index in [-0.39, 0.29) is 18.2 Å². The molecule has 8 nitrogen and oxygen atoms in total. The molecule has 8 heteroatoms. The number of carbonyl (C=O) groups is 3. The molecular formula is C17H19N5O3. The number of hydrogen-bond donors (Lipinski definition) is 2. The first-order valence-electron chi connectivity index (χ1n) is 7.98. The Morgan fingerprint density at radius 3 is 2.72 bits per heavy atom. The molecule has 1 saturated heterocycles. The molecule has 130 valence electrons. The van der Waals surface area contributed by atoms with E-state index in [1.54, 1.807) is 42.1 Å². The van der Waals surface area contributed by atoms with Crippen molar-refractivity contribution < 1.29 is 14.4 Å². The van der Waals surface area contributed by atoms with Crippen molar-refractivity contribution in [1.82, 2.24) is 15.1 Å². The second kappa shape index (κ2) is 6.76. The molecule has 0 radical (unpaired) electrons. The van der Waals surface area contributed by atoms with Gasteiger partial charge in [-0.3, -0.25) is 14.3 Å². The Morgan fingerprint density at radius 2 is 2.08 bits per heavy atom. The van der Waals surface area contributed by atoms with Crippen molar-refractivity contribution >= 4 is 29.2 Å². The Bertz CT molecular complexity index is 829. The van der Waals surface area contributed by atoms with Gasteiger partial charge in [0, 0.05) is 19.2 Å². The maximum absolute atomic E-state index is 12.2. The molecule has 1 unspecified atom stereocenters. The summed E-state index contributed by atoms with van der Waals surface area (Å²) in [6.45, 7) is 3.99. The van der Waals surface area contributed by atoms with Crippen LogP contribution in [0.3, 0.4) is 0 Å². The average Bonchev–Trinajstić information content (AvgIpc) is 3.10. The molecule has 3 rings (SSSR count). The molecule has 25 heavy (non-hydrogen) atoms. The minimum atomic E-state index is -0.584. The van der Waals surface area contributed by atoms with Gasteiger partial charge in [0.15, 0.2) is 0 Å². The van der Waals surface area contributed by atoms with E-state index < -0.39 is 12.1 Å². The predicted octanol–water partition coefficient (Wildman–Crippen LogP) is 1.67. The number of urea groups is 1. The minimum absolute atomic E-state index is 0.222. The summed E-state index contributed by atoms with van der Waals surface area (Å²) >= 11 is 0. The molecule has 0 bridgehead atoms. The maximum atomic E-state index is 12.2. The molecule has 1 atom stereocenters. The number of amides is 4. The van der Waals surface area contributed by atoms with Gasteiger partial charge in [-0.25, -0.2) is 9.69 Å². The van der Waals surface area contributed by atoms with E-state index in [1.807, 2.05) is 13.1 Å². The lowest BCUT2D eigenvalue weighted by atomic mass is 10.2. The number of para-hydroxylation sites is 2.